The fraction of sp³-hybridized carbons (Fsp3) is 0.643. The summed E-state index contributed by atoms with van der Waals surface area (Å²) in [7, 11) is 0. The van der Waals surface area contributed by atoms with Crippen molar-refractivity contribution in [3.8, 4) is 0 Å². The molecule has 19 heavy (non-hydrogen) atoms. The molecular weight excluding hydrogens is 392 g/mol. The Kier molecular flexibility index (Phi) is 5.64. The Balaban J connectivity index is 1.86. The van der Waals surface area contributed by atoms with Crippen molar-refractivity contribution in [1.29, 1.82) is 0 Å². The molecule has 0 spiro atoms. The Morgan fingerprint density at radius 2 is 2.11 bits per heavy atom. The molecule has 0 aromatic carbocycles. The number of thiophene rings is 1. The van der Waals surface area contributed by atoms with Gasteiger partial charge in [-0.05, 0) is 69.0 Å². The van der Waals surface area contributed by atoms with E-state index in [1.54, 1.807) is 0 Å². The van der Waals surface area contributed by atoms with Gasteiger partial charge in [-0.25, -0.2) is 0 Å². The number of ether oxygens (including phenoxy) is 1. The van der Waals surface area contributed by atoms with E-state index < -0.39 is 0 Å². The molecule has 3 atom stereocenters. The Morgan fingerprint density at radius 1 is 1.37 bits per heavy atom. The van der Waals surface area contributed by atoms with Crippen molar-refractivity contribution in [1.82, 2.24) is 0 Å². The van der Waals surface area contributed by atoms with E-state index in [-0.39, 0.29) is 18.5 Å². The molecule has 2 nitrogen and oxygen atoms in total. The first-order valence-corrected chi connectivity index (χ1v) is 8.97. The number of rotatable bonds is 4. The summed E-state index contributed by atoms with van der Waals surface area (Å²) in [6.07, 6.45) is 3.60. The smallest absolute Gasteiger partial charge is 0.190 e. The highest BCUT2D eigenvalue weighted by molar-refractivity contribution is 9.12. The molecule has 0 aliphatic heterocycles. The van der Waals surface area contributed by atoms with Crippen LogP contribution in [0.25, 0.3) is 0 Å². The van der Waals surface area contributed by atoms with Crippen LogP contribution in [0.15, 0.2) is 13.6 Å². The summed E-state index contributed by atoms with van der Waals surface area (Å²) in [6.45, 7) is 4.76. The lowest BCUT2D eigenvalue weighted by Crippen LogP contribution is -2.28. The Morgan fingerprint density at radius 3 is 2.68 bits per heavy atom. The standard InChI is InChI=1S/C14H18Br2O2S/c1-8-3-4-10(5-9(8)2)18-7-12(17)11-6-13(15)19-14(11)16/h6,8-10H,3-5,7H2,1-2H3. The van der Waals surface area contributed by atoms with E-state index in [9.17, 15) is 4.79 Å². The molecule has 1 aliphatic rings. The second kappa shape index (κ2) is 6.83. The van der Waals surface area contributed by atoms with Gasteiger partial charge in [0.1, 0.15) is 6.61 Å². The predicted molar refractivity (Wildman–Crippen MR) is 86.0 cm³/mol. The third-order valence-electron chi connectivity index (χ3n) is 3.96. The van der Waals surface area contributed by atoms with Crippen LogP contribution < -0.4 is 0 Å². The summed E-state index contributed by atoms with van der Waals surface area (Å²) >= 11 is 8.32. The number of ketones is 1. The minimum absolute atomic E-state index is 0.0556. The highest BCUT2D eigenvalue weighted by atomic mass is 79.9. The average molecular weight is 410 g/mol. The van der Waals surface area contributed by atoms with Gasteiger partial charge in [0.05, 0.1) is 13.7 Å². The Labute approximate surface area is 135 Å². The van der Waals surface area contributed by atoms with Crippen LogP contribution in [0.1, 0.15) is 43.5 Å². The summed E-state index contributed by atoms with van der Waals surface area (Å²) in [5, 5.41) is 0. The molecule has 2 rings (SSSR count). The lowest BCUT2D eigenvalue weighted by molar-refractivity contribution is 0.00707. The van der Waals surface area contributed by atoms with Gasteiger partial charge in [0.2, 0.25) is 0 Å². The van der Waals surface area contributed by atoms with E-state index >= 15 is 0 Å². The zero-order valence-corrected chi connectivity index (χ0v) is 15.1. The molecule has 1 fully saturated rings. The molecule has 1 aromatic rings. The van der Waals surface area contributed by atoms with E-state index in [0.717, 1.165) is 26.3 Å². The van der Waals surface area contributed by atoms with Crippen LogP contribution in [-0.4, -0.2) is 18.5 Å². The minimum Gasteiger partial charge on any atom is -0.370 e. The molecule has 0 radical (unpaired) electrons. The predicted octanol–water partition coefficient (Wildman–Crippen LogP) is 5.30. The number of halogens is 2. The van der Waals surface area contributed by atoms with Crippen LogP contribution >= 0.6 is 43.2 Å². The van der Waals surface area contributed by atoms with E-state index in [0.29, 0.717) is 11.5 Å². The first-order valence-electron chi connectivity index (χ1n) is 6.57. The second-order valence-electron chi connectivity index (χ2n) is 5.36. The number of Topliss-reactive ketones (excluding diaryl/α,β-unsaturated/α-hetero) is 1. The quantitative estimate of drug-likeness (QED) is 0.630. The van der Waals surface area contributed by atoms with Crippen molar-refractivity contribution < 1.29 is 9.53 Å². The van der Waals surface area contributed by atoms with Gasteiger partial charge < -0.3 is 4.74 Å². The van der Waals surface area contributed by atoms with Crippen molar-refractivity contribution in [2.24, 2.45) is 11.8 Å². The average Bonchev–Trinajstić information content (AvgIpc) is 2.70. The molecule has 1 aromatic heterocycles. The van der Waals surface area contributed by atoms with Crippen LogP contribution in [0, 0.1) is 11.8 Å². The maximum atomic E-state index is 12.1. The first-order chi connectivity index (χ1) is 8.97. The molecule has 1 saturated carbocycles. The molecule has 1 aliphatic carbocycles. The second-order valence-corrected chi connectivity index (χ2v) is 9.11. The van der Waals surface area contributed by atoms with Crippen molar-refractivity contribution in [2.75, 3.05) is 6.61 Å². The number of hydrogen-bond donors (Lipinski definition) is 0. The third kappa shape index (κ3) is 4.13. The molecule has 0 saturated heterocycles. The van der Waals surface area contributed by atoms with E-state index in [4.69, 9.17) is 4.74 Å². The largest absolute Gasteiger partial charge is 0.370 e. The fourth-order valence-corrected chi connectivity index (χ4v) is 5.31. The normalized spacial score (nSPS) is 27.5. The van der Waals surface area contributed by atoms with Gasteiger partial charge in [0.15, 0.2) is 5.78 Å². The van der Waals surface area contributed by atoms with E-state index in [2.05, 4.69) is 45.7 Å². The summed E-state index contributed by atoms with van der Waals surface area (Å²) in [5.41, 5.74) is 0.717. The van der Waals surface area contributed by atoms with Gasteiger partial charge in [0.25, 0.3) is 0 Å². The summed E-state index contributed by atoms with van der Waals surface area (Å²) in [5.74, 6) is 1.52. The first kappa shape index (κ1) is 15.7. The van der Waals surface area contributed by atoms with Crippen LogP contribution in [0.3, 0.4) is 0 Å². The molecule has 0 N–H and O–H groups in total. The molecule has 5 heteroatoms. The third-order valence-corrected chi connectivity index (χ3v) is 6.30. The van der Waals surface area contributed by atoms with Gasteiger partial charge in [-0.3, -0.25) is 4.79 Å². The molecule has 106 valence electrons. The molecule has 3 unspecified atom stereocenters. The maximum absolute atomic E-state index is 12.1. The fourth-order valence-electron chi connectivity index (χ4n) is 2.45. The van der Waals surface area contributed by atoms with E-state index in [1.807, 2.05) is 6.07 Å². The van der Waals surface area contributed by atoms with Gasteiger partial charge in [-0.1, -0.05) is 13.8 Å². The SMILES string of the molecule is CC1CCC(OCC(=O)c2cc(Br)sc2Br)CC1C. The lowest BCUT2D eigenvalue weighted by Gasteiger charge is -2.31. The Bertz CT molecular complexity index is 458. The minimum atomic E-state index is 0.0556. The molecular formula is C14H18Br2O2S. The van der Waals surface area contributed by atoms with Crippen molar-refractivity contribution in [3.63, 3.8) is 0 Å². The Hall–Kier alpha value is 0.290. The number of carbonyl (C=O) groups is 1. The monoisotopic (exact) mass is 408 g/mol. The van der Waals surface area contributed by atoms with Crippen LogP contribution in [0.5, 0.6) is 0 Å². The maximum Gasteiger partial charge on any atom is 0.190 e. The number of carbonyl (C=O) groups excluding carboxylic acids is 1. The van der Waals surface area contributed by atoms with Crippen molar-refractivity contribution >= 4 is 49.0 Å². The van der Waals surface area contributed by atoms with Crippen molar-refractivity contribution in [2.45, 2.75) is 39.2 Å². The summed E-state index contributed by atoms with van der Waals surface area (Å²) in [4.78, 5) is 12.1. The highest BCUT2D eigenvalue weighted by Gasteiger charge is 2.26. The highest BCUT2D eigenvalue weighted by Crippen LogP contribution is 2.33. The van der Waals surface area contributed by atoms with Crippen LogP contribution in [-0.2, 0) is 4.74 Å². The van der Waals surface area contributed by atoms with Gasteiger partial charge in [-0.2, -0.15) is 0 Å². The van der Waals surface area contributed by atoms with Crippen LogP contribution in [0.2, 0.25) is 0 Å². The lowest BCUT2D eigenvalue weighted by atomic mass is 9.80. The molecule has 1 heterocycles. The van der Waals surface area contributed by atoms with Gasteiger partial charge >= 0.3 is 0 Å². The number of hydrogen-bond acceptors (Lipinski definition) is 3. The van der Waals surface area contributed by atoms with Crippen LogP contribution in [0.4, 0.5) is 0 Å². The zero-order chi connectivity index (χ0) is 14.0. The van der Waals surface area contributed by atoms with Gasteiger partial charge in [0, 0.05) is 5.56 Å². The zero-order valence-electron chi connectivity index (χ0n) is 11.1. The van der Waals surface area contributed by atoms with Gasteiger partial charge in [-0.15, -0.1) is 11.3 Å². The summed E-state index contributed by atoms with van der Waals surface area (Å²) < 4.78 is 7.64. The molecule has 0 bridgehead atoms. The van der Waals surface area contributed by atoms with Crippen molar-refractivity contribution in [3.05, 3.63) is 19.2 Å². The topological polar surface area (TPSA) is 26.3 Å². The molecule has 0 amide bonds. The van der Waals surface area contributed by atoms with E-state index in [1.165, 1.54) is 17.8 Å². The summed E-state index contributed by atoms with van der Waals surface area (Å²) in [6, 6.07) is 1.85.